The van der Waals surface area contributed by atoms with Crippen LogP contribution in [0, 0.1) is 6.92 Å². The number of benzene rings is 3. The quantitative estimate of drug-likeness (QED) is 0.141. The predicted molar refractivity (Wildman–Crippen MR) is 133 cm³/mol. The van der Waals surface area contributed by atoms with Crippen molar-refractivity contribution in [3.05, 3.63) is 71.8 Å². The van der Waals surface area contributed by atoms with Gasteiger partial charge in [-0.15, -0.1) is 0 Å². The summed E-state index contributed by atoms with van der Waals surface area (Å²) >= 11 is 1.43. The molecule has 32 heavy (non-hydrogen) atoms. The zero-order valence-corrected chi connectivity index (χ0v) is 19.4. The SMILES string of the molecule is CCCCNc1cc(Oc2ccc(NSc3ccc(C)cc3)c(C(=O)OC)c2)ccc1N. The average molecular weight is 452 g/mol. The largest absolute Gasteiger partial charge is 0.465 e. The molecule has 0 radical (unpaired) electrons. The van der Waals surface area contributed by atoms with Gasteiger partial charge in [-0.1, -0.05) is 31.0 Å². The van der Waals surface area contributed by atoms with E-state index < -0.39 is 5.97 Å². The number of hydrogen-bond acceptors (Lipinski definition) is 7. The fourth-order valence-corrected chi connectivity index (χ4v) is 3.64. The lowest BCUT2D eigenvalue weighted by molar-refractivity contribution is 0.0601. The maximum Gasteiger partial charge on any atom is 0.340 e. The van der Waals surface area contributed by atoms with Crippen molar-refractivity contribution < 1.29 is 14.3 Å². The normalized spacial score (nSPS) is 10.5. The Morgan fingerprint density at radius 2 is 1.72 bits per heavy atom. The number of methoxy groups -OCH3 is 1. The van der Waals surface area contributed by atoms with E-state index in [1.165, 1.54) is 24.6 Å². The van der Waals surface area contributed by atoms with E-state index in [-0.39, 0.29) is 0 Å². The molecule has 6 nitrogen and oxygen atoms in total. The van der Waals surface area contributed by atoms with Crippen LogP contribution in [0.15, 0.2) is 65.6 Å². The van der Waals surface area contributed by atoms with Crippen molar-refractivity contribution >= 4 is 35.0 Å². The molecule has 0 bridgehead atoms. The van der Waals surface area contributed by atoms with Crippen molar-refractivity contribution in [3.63, 3.8) is 0 Å². The van der Waals surface area contributed by atoms with Crippen LogP contribution in [0.5, 0.6) is 11.5 Å². The first-order chi connectivity index (χ1) is 15.5. The van der Waals surface area contributed by atoms with E-state index in [1.54, 1.807) is 24.3 Å². The van der Waals surface area contributed by atoms with Crippen molar-refractivity contribution in [2.24, 2.45) is 0 Å². The highest BCUT2D eigenvalue weighted by Crippen LogP contribution is 2.32. The van der Waals surface area contributed by atoms with E-state index in [9.17, 15) is 4.79 Å². The molecule has 4 N–H and O–H groups in total. The Labute approximate surface area is 193 Å². The van der Waals surface area contributed by atoms with E-state index >= 15 is 0 Å². The number of nitrogens with one attached hydrogen (secondary N) is 2. The van der Waals surface area contributed by atoms with Crippen LogP contribution in [-0.2, 0) is 4.74 Å². The van der Waals surface area contributed by atoms with Crippen LogP contribution in [-0.4, -0.2) is 19.6 Å². The molecular weight excluding hydrogens is 422 g/mol. The van der Waals surface area contributed by atoms with Gasteiger partial charge in [-0.25, -0.2) is 4.79 Å². The molecule has 0 aliphatic rings. The molecule has 7 heteroatoms. The van der Waals surface area contributed by atoms with Gasteiger partial charge < -0.3 is 25.2 Å². The van der Waals surface area contributed by atoms with Crippen molar-refractivity contribution in [1.29, 1.82) is 0 Å². The Bertz CT molecular complexity index is 1050. The van der Waals surface area contributed by atoms with Gasteiger partial charge in [0.05, 0.1) is 29.7 Å². The first-order valence-corrected chi connectivity index (χ1v) is 11.3. The van der Waals surface area contributed by atoms with Gasteiger partial charge in [-0.05, 0) is 67.8 Å². The third kappa shape index (κ3) is 6.34. The maximum absolute atomic E-state index is 12.4. The van der Waals surface area contributed by atoms with E-state index in [1.807, 2.05) is 43.3 Å². The lowest BCUT2D eigenvalue weighted by Crippen LogP contribution is -2.05. The van der Waals surface area contributed by atoms with Crippen molar-refractivity contribution in [2.45, 2.75) is 31.6 Å². The second kappa shape index (κ2) is 11.3. The summed E-state index contributed by atoms with van der Waals surface area (Å²) in [6.45, 7) is 5.03. The zero-order chi connectivity index (χ0) is 22.9. The van der Waals surface area contributed by atoms with Gasteiger partial charge in [0.25, 0.3) is 0 Å². The van der Waals surface area contributed by atoms with Crippen LogP contribution in [0.4, 0.5) is 17.1 Å². The number of anilines is 3. The molecule has 0 atom stereocenters. The summed E-state index contributed by atoms with van der Waals surface area (Å²) in [5.74, 6) is 0.714. The van der Waals surface area contributed by atoms with Crippen molar-refractivity contribution in [1.82, 2.24) is 0 Å². The smallest absolute Gasteiger partial charge is 0.340 e. The van der Waals surface area contributed by atoms with Crippen LogP contribution in [0.25, 0.3) is 0 Å². The molecule has 0 heterocycles. The van der Waals surface area contributed by atoms with E-state index in [0.29, 0.717) is 28.4 Å². The predicted octanol–water partition coefficient (Wildman–Crippen LogP) is 6.49. The van der Waals surface area contributed by atoms with E-state index in [2.05, 4.69) is 17.0 Å². The molecule has 0 saturated carbocycles. The van der Waals surface area contributed by atoms with Gasteiger partial charge in [0.1, 0.15) is 11.5 Å². The Kier molecular flexibility index (Phi) is 8.27. The highest BCUT2D eigenvalue weighted by atomic mass is 32.2. The fourth-order valence-electron chi connectivity index (χ4n) is 2.96. The lowest BCUT2D eigenvalue weighted by atomic mass is 10.1. The molecular formula is C25H29N3O3S. The number of nitrogens with two attached hydrogens (primary N) is 1. The minimum atomic E-state index is -0.443. The van der Waals surface area contributed by atoms with E-state index in [0.717, 1.165) is 30.0 Å². The first-order valence-electron chi connectivity index (χ1n) is 10.5. The Balaban J connectivity index is 1.77. The number of carbonyl (C=O) groups excluding carboxylic acids is 1. The molecule has 3 rings (SSSR count). The molecule has 3 aromatic carbocycles. The average Bonchev–Trinajstić information content (AvgIpc) is 2.81. The van der Waals surface area contributed by atoms with E-state index in [4.69, 9.17) is 15.2 Å². The maximum atomic E-state index is 12.4. The topological polar surface area (TPSA) is 85.6 Å². The van der Waals surface area contributed by atoms with Crippen molar-refractivity contribution in [3.8, 4) is 11.5 Å². The summed E-state index contributed by atoms with van der Waals surface area (Å²) in [4.78, 5) is 13.4. The summed E-state index contributed by atoms with van der Waals surface area (Å²) in [5, 5.41) is 3.33. The molecule has 0 amide bonds. The third-order valence-corrected chi connectivity index (χ3v) is 5.63. The number of nitrogen functional groups attached to an aromatic ring is 1. The monoisotopic (exact) mass is 451 g/mol. The van der Waals surface area contributed by atoms with Crippen LogP contribution < -0.4 is 20.5 Å². The number of carbonyl (C=O) groups is 1. The zero-order valence-electron chi connectivity index (χ0n) is 18.6. The third-order valence-electron chi connectivity index (χ3n) is 4.80. The summed E-state index contributed by atoms with van der Waals surface area (Å²) in [7, 11) is 1.36. The van der Waals surface area contributed by atoms with Gasteiger partial charge in [-0.2, -0.15) is 0 Å². The van der Waals surface area contributed by atoms with Gasteiger partial charge in [0.15, 0.2) is 0 Å². The minimum Gasteiger partial charge on any atom is -0.465 e. The Hall–Kier alpha value is -3.32. The van der Waals surface area contributed by atoms with Crippen LogP contribution in [0.2, 0.25) is 0 Å². The number of esters is 1. The molecule has 0 saturated heterocycles. The minimum absolute atomic E-state index is 0.390. The van der Waals surface area contributed by atoms with Gasteiger partial charge in [0.2, 0.25) is 0 Å². The van der Waals surface area contributed by atoms with Crippen molar-refractivity contribution in [2.75, 3.05) is 29.4 Å². The van der Waals surface area contributed by atoms with Crippen LogP contribution in [0.1, 0.15) is 35.7 Å². The van der Waals surface area contributed by atoms with Gasteiger partial charge >= 0.3 is 5.97 Å². The molecule has 0 aromatic heterocycles. The number of rotatable bonds is 10. The number of ether oxygens (including phenoxy) is 2. The van der Waals surface area contributed by atoms with Gasteiger partial charge in [0, 0.05) is 17.5 Å². The first kappa shape index (κ1) is 23.3. The Morgan fingerprint density at radius 1 is 1.00 bits per heavy atom. The second-order valence-electron chi connectivity index (χ2n) is 7.35. The summed E-state index contributed by atoms with van der Waals surface area (Å²) in [6, 6.07) is 18.9. The standard InChI is InChI=1S/C25H29N3O3S/c1-4-5-14-27-24-16-19(8-12-22(24)26)31-18-9-13-23(21(15-18)25(29)30-3)28-32-20-10-6-17(2)7-11-20/h6-13,15-16,27-28H,4-5,14,26H2,1-3H3. The molecule has 168 valence electrons. The second-order valence-corrected chi connectivity index (χ2v) is 8.23. The van der Waals surface area contributed by atoms with Gasteiger partial charge in [-0.3, -0.25) is 0 Å². The van der Waals surface area contributed by atoms with Crippen LogP contribution >= 0.6 is 11.9 Å². The fraction of sp³-hybridized carbons (Fsp3) is 0.240. The highest BCUT2D eigenvalue weighted by molar-refractivity contribution is 8.00. The number of hydrogen-bond donors (Lipinski definition) is 3. The summed E-state index contributed by atoms with van der Waals surface area (Å²) in [5.41, 5.74) is 9.79. The number of aryl methyl sites for hydroxylation is 1. The summed E-state index contributed by atoms with van der Waals surface area (Å²) in [6.07, 6.45) is 2.16. The molecule has 0 fully saturated rings. The molecule has 3 aromatic rings. The number of unbranched alkanes of at least 4 members (excludes halogenated alkanes) is 1. The molecule has 0 aliphatic heterocycles. The summed E-state index contributed by atoms with van der Waals surface area (Å²) < 4.78 is 14.2. The lowest BCUT2D eigenvalue weighted by Gasteiger charge is -2.14. The molecule has 0 spiro atoms. The highest BCUT2D eigenvalue weighted by Gasteiger charge is 2.14. The van der Waals surface area contributed by atoms with Crippen LogP contribution in [0.3, 0.4) is 0 Å². The molecule has 0 aliphatic carbocycles. The molecule has 0 unspecified atom stereocenters. The Morgan fingerprint density at radius 3 is 2.44 bits per heavy atom.